The van der Waals surface area contributed by atoms with Crippen molar-refractivity contribution in [2.45, 2.75) is 37.9 Å². The van der Waals surface area contributed by atoms with Crippen molar-refractivity contribution >= 4 is 11.6 Å². The number of hydrogen-bond acceptors (Lipinski definition) is 4. The monoisotopic (exact) mass is 382 g/mol. The van der Waals surface area contributed by atoms with E-state index in [1.165, 1.54) is 0 Å². The van der Waals surface area contributed by atoms with Gasteiger partial charge in [-0.25, -0.2) is 0 Å². The minimum absolute atomic E-state index is 0.290. The molecule has 4 saturated carbocycles. The van der Waals surface area contributed by atoms with Gasteiger partial charge < -0.3 is 9.47 Å². The molecule has 4 aliphatic carbocycles. The smallest absolute Gasteiger partial charge is 0.174 e. The van der Waals surface area contributed by atoms with Crippen LogP contribution in [0.4, 0.5) is 0 Å². The van der Waals surface area contributed by atoms with Crippen LogP contribution in [0.15, 0.2) is 24.3 Å². The third-order valence-corrected chi connectivity index (χ3v) is 8.10. The molecular weight excluding hydrogens is 360 g/mol. The highest BCUT2D eigenvalue weighted by Gasteiger charge is 2.69. The second-order valence-electron chi connectivity index (χ2n) is 8.76. The fourth-order valence-electron chi connectivity index (χ4n) is 7.01. The van der Waals surface area contributed by atoms with Gasteiger partial charge in [-0.15, -0.1) is 0 Å². The van der Waals surface area contributed by atoms with Gasteiger partial charge in [0.05, 0.1) is 25.4 Å². The average Bonchev–Trinajstić information content (AvgIpc) is 3.12. The van der Waals surface area contributed by atoms with Crippen LogP contribution in [0.1, 0.15) is 31.2 Å². The van der Waals surface area contributed by atoms with Gasteiger partial charge in [0.15, 0.2) is 5.79 Å². The predicted octanol–water partition coefficient (Wildman–Crippen LogP) is 4.34. The molecule has 0 unspecified atom stereocenters. The van der Waals surface area contributed by atoms with E-state index in [-0.39, 0.29) is 11.2 Å². The largest absolute Gasteiger partial charge is 0.347 e. The summed E-state index contributed by atoms with van der Waals surface area (Å²) in [5, 5.41) is 20.4. The summed E-state index contributed by atoms with van der Waals surface area (Å²) in [5.41, 5.74) is 0.843. The van der Waals surface area contributed by atoms with Gasteiger partial charge in [-0.3, -0.25) is 0 Å². The molecule has 0 atom stereocenters. The van der Waals surface area contributed by atoms with Crippen molar-refractivity contribution in [3.05, 3.63) is 34.9 Å². The number of hydrogen-bond donors (Lipinski definition) is 0. The van der Waals surface area contributed by atoms with Crippen LogP contribution in [-0.4, -0.2) is 19.0 Å². The van der Waals surface area contributed by atoms with Crippen molar-refractivity contribution in [2.75, 3.05) is 13.2 Å². The molecule has 5 heteroatoms. The van der Waals surface area contributed by atoms with Gasteiger partial charge in [-0.05, 0) is 61.6 Å². The van der Waals surface area contributed by atoms with E-state index < -0.39 is 5.92 Å². The predicted molar refractivity (Wildman–Crippen MR) is 99.4 cm³/mol. The molecule has 1 aromatic rings. The van der Waals surface area contributed by atoms with E-state index in [0.29, 0.717) is 41.9 Å². The first kappa shape index (κ1) is 17.5. The zero-order chi connectivity index (χ0) is 18.6. The summed E-state index contributed by atoms with van der Waals surface area (Å²) >= 11 is 6.22. The fourth-order valence-corrected chi connectivity index (χ4v) is 7.22. The lowest BCUT2D eigenvalue weighted by Gasteiger charge is -2.66. The Bertz CT molecular complexity index is 787. The molecule has 0 N–H and O–H groups in total. The van der Waals surface area contributed by atoms with Crippen LogP contribution in [0.25, 0.3) is 0 Å². The summed E-state index contributed by atoms with van der Waals surface area (Å²) in [7, 11) is 0. The fraction of sp³-hybridized carbons (Fsp3) is 0.636. The first-order valence-electron chi connectivity index (χ1n) is 9.94. The molecule has 1 saturated heterocycles. The molecular formula is C22H23ClN2O2. The Balaban J connectivity index is 1.54. The molecule has 1 spiro atoms. The number of benzene rings is 1. The van der Waals surface area contributed by atoms with Crippen molar-refractivity contribution in [1.29, 1.82) is 10.5 Å². The molecule has 6 rings (SSSR count). The van der Waals surface area contributed by atoms with Crippen LogP contribution in [0, 0.1) is 57.7 Å². The van der Waals surface area contributed by atoms with E-state index in [0.717, 1.165) is 37.7 Å². The maximum absolute atomic E-state index is 9.87. The summed E-state index contributed by atoms with van der Waals surface area (Å²) < 4.78 is 12.3. The Kier molecular flexibility index (Phi) is 4.03. The summed E-state index contributed by atoms with van der Waals surface area (Å²) in [6, 6.07) is 12.6. The molecule has 140 valence electrons. The van der Waals surface area contributed by atoms with Crippen LogP contribution in [-0.2, 0) is 15.9 Å². The van der Waals surface area contributed by atoms with Crippen LogP contribution in [0.3, 0.4) is 0 Å². The number of rotatable bonds is 3. The molecule has 5 aliphatic rings. The van der Waals surface area contributed by atoms with E-state index in [4.69, 9.17) is 21.1 Å². The number of ether oxygens (including phenoxy) is 2. The number of halogens is 1. The minimum Gasteiger partial charge on any atom is -0.347 e. The standard InChI is InChI=1S/C22H23ClN2O2/c23-20-3-1-2-14(6-20)11-21(19(12-24)13-25)15-7-17-9-16(21)10-18(8-15)22(17)26-4-5-27-22/h1-3,6,15-19H,4-5,7-11H2. The van der Waals surface area contributed by atoms with Gasteiger partial charge >= 0.3 is 0 Å². The van der Waals surface area contributed by atoms with Crippen molar-refractivity contribution in [2.24, 2.45) is 35.0 Å². The third-order valence-electron chi connectivity index (χ3n) is 7.87. The van der Waals surface area contributed by atoms with Gasteiger partial charge in [0.1, 0.15) is 5.92 Å². The Morgan fingerprint density at radius 3 is 2.11 bits per heavy atom. The summed E-state index contributed by atoms with van der Waals surface area (Å²) in [4.78, 5) is 0. The summed E-state index contributed by atoms with van der Waals surface area (Å²) in [6.07, 6.45) is 4.73. The molecule has 0 radical (unpaired) electrons. The van der Waals surface area contributed by atoms with Gasteiger partial charge in [0.25, 0.3) is 0 Å². The molecule has 0 amide bonds. The molecule has 4 bridgehead atoms. The van der Waals surface area contributed by atoms with Crippen molar-refractivity contribution in [3.63, 3.8) is 0 Å². The van der Waals surface area contributed by atoms with Crippen LogP contribution in [0.2, 0.25) is 5.02 Å². The normalized spacial score (nSPS) is 38.2. The quantitative estimate of drug-likeness (QED) is 0.779. The highest BCUT2D eigenvalue weighted by atomic mass is 35.5. The SMILES string of the molecule is N#CC(C#N)C1(Cc2cccc(Cl)c2)C2CC3CC1CC(C2)C31OCCO1. The topological polar surface area (TPSA) is 66.0 Å². The first-order chi connectivity index (χ1) is 13.1. The Morgan fingerprint density at radius 1 is 1.00 bits per heavy atom. The zero-order valence-electron chi connectivity index (χ0n) is 15.2. The van der Waals surface area contributed by atoms with Crippen LogP contribution < -0.4 is 0 Å². The average molecular weight is 383 g/mol. The maximum atomic E-state index is 9.87. The lowest BCUT2D eigenvalue weighted by atomic mass is 9.40. The maximum Gasteiger partial charge on any atom is 0.174 e. The van der Waals surface area contributed by atoms with Crippen molar-refractivity contribution < 1.29 is 9.47 Å². The number of nitriles is 2. The number of nitrogens with zero attached hydrogens (tertiary/aromatic N) is 2. The molecule has 1 heterocycles. The molecule has 1 aliphatic heterocycles. The lowest BCUT2D eigenvalue weighted by Crippen LogP contribution is -2.66. The molecule has 5 fully saturated rings. The highest BCUT2D eigenvalue weighted by Crippen LogP contribution is 2.69. The van der Waals surface area contributed by atoms with E-state index in [9.17, 15) is 10.5 Å². The third kappa shape index (κ3) is 2.34. The van der Waals surface area contributed by atoms with Crippen molar-refractivity contribution in [3.8, 4) is 12.1 Å². The second-order valence-corrected chi connectivity index (χ2v) is 9.20. The van der Waals surface area contributed by atoms with E-state index in [1.54, 1.807) is 0 Å². The van der Waals surface area contributed by atoms with E-state index in [2.05, 4.69) is 18.2 Å². The van der Waals surface area contributed by atoms with Gasteiger partial charge in [0.2, 0.25) is 0 Å². The summed E-state index contributed by atoms with van der Waals surface area (Å²) in [5.74, 6) is 0.543. The van der Waals surface area contributed by atoms with Gasteiger partial charge in [0, 0.05) is 22.3 Å². The Hall–Kier alpha value is -1.59. The molecule has 0 aromatic heterocycles. The van der Waals surface area contributed by atoms with Crippen molar-refractivity contribution in [1.82, 2.24) is 0 Å². The van der Waals surface area contributed by atoms with E-state index in [1.807, 2.05) is 18.2 Å². The van der Waals surface area contributed by atoms with Gasteiger partial charge in [-0.1, -0.05) is 23.7 Å². The Morgan fingerprint density at radius 2 is 1.59 bits per heavy atom. The Labute approximate surface area is 165 Å². The molecule has 1 aromatic carbocycles. The zero-order valence-corrected chi connectivity index (χ0v) is 16.0. The second kappa shape index (κ2) is 6.21. The lowest BCUT2D eigenvalue weighted by molar-refractivity contribution is -0.312. The van der Waals surface area contributed by atoms with Gasteiger partial charge in [-0.2, -0.15) is 10.5 Å². The van der Waals surface area contributed by atoms with Crippen LogP contribution >= 0.6 is 11.6 Å². The minimum atomic E-state index is -0.590. The summed E-state index contributed by atoms with van der Waals surface area (Å²) in [6.45, 7) is 1.38. The van der Waals surface area contributed by atoms with E-state index >= 15 is 0 Å². The molecule has 4 nitrogen and oxygen atoms in total. The van der Waals surface area contributed by atoms with Crippen LogP contribution in [0.5, 0.6) is 0 Å². The first-order valence-corrected chi connectivity index (χ1v) is 10.3. The molecule has 27 heavy (non-hydrogen) atoms. The highest BCUT2D eigenvalue weighted by molar-refractivity contribution is 6.30.